The largest absolute Gasteiger partial charge is 0.476 e. The van der Waals surface area contributed by atoms with E-state index < -0.39 is 11.3 Å². The van der Waals surface area contributed by atoms with E-state index in [1.165, 1.54) is 12.3 Å². The summed E-state index contributed by atoms with van der Waals surface area (Å²) < 4.78 is 17.8. The van der Waals surface area contributed by atoms with Crippen LogP contribution in [0.25, 0.3) is 22.5 Å². The Bertz CT molecular complexity index is 1280. The maximum atomic E-state index is 13.1. The second-order valence-electron chi connectivity index (χ2n) is 6.51. The molecule has 0 aliphatic heterocycles. The predicted octanol–water partition coefficient (Wildman–Crippen LogP) is 5.79. The number of halogens is 2. The molecular weight excluding hydrogens is 474 g/mol. The number of aryl methyl sites for hydroxylation is 1. The van der Waals surface area contributed by atoms with Crippen LogP contribution in [0.4, 0.5) is 5.69 Å². The van der Waals surface area contributed by atoms with E-state index in [2.05, 4.69) is 21.2 Å². The van der Waals surface area contributed by atoms with E-state index in [0.29, 0.717) is 22.1 Å². The summed E-state index contributed by atoms with van der Waals surface area (Å²) in [5.41, 5.74) is 1.27. The van der Waals surface area contributed by atoms with Crippen LogP contribution in [0.5, 0.6) is 5.75 Å². The number of carbonyl (C=O) groups is 1. The molecule has 0 saturated heterocycles. The van der Waals surface area contributed by atoms with Gasteiger partial charge < -0.3 is 18.9 Å². The molecule has 0 saturated carbocycles. The van der Waals surface area contributed by atoms with Gasteiger partial charge in [-0.05, 0) is 61.0 Å². The van der Waals surface area contributed by atoms with E-state index >= 15 is 0 Å². The average Bonchev–Trinajstić information content (AvgIpc) is 3.25. The van der Waals surface area contributed by atoms with E-state index in [1.54, 1.807) is 42.5 Å². The van der Waals surface area contributed by atoms with E-state index in [4.69, 9.17) is 25.2 Å². The lowest BCUT2D eigenvalue weighted by Crippen LogP contribution is -2.22. The maximum Gasteiger partial charge on any atom is 0.262 e. The van der Waals surface area contributed by atoms with Crippen LogP contribution < -0.4 is 15.5 Å². The smallest absolute Gasteiger partial charge is 0.262 e. The van der Waals surface area contributed by atoms with Gasteiger partial charge in [-0.1, -0.05) is 27.5 Å². The molecule has 0 atom stereocenters. The zero-order valence-electron chi connectivity index (χ0n) is 15.7. The van der Waals surface area contributed by atoms with Gasteiger partial charge in [-0.2, -0.15) is 0 Å². The maximum absolute atomic E-state index is 13.1. The first-order valence-electron chi connectivity index (χ1n) is 8.91. The van der Waals surface area contributed by atoms with Crippen molar-refractivity contribution in [3.8, 4) is 17.3 Å². The number of benzene rings is 2. The standard InChI is InChI=1S/C22H15BrClNO5/c1-12-9-18-15(10-16(12)24)20(27)22(21(30-18)17-3-2-8-28-17)29-11-19(26)25-14-6-4-13(23)5-7-14/h2-10H,11H2,1H3,(H,25,26). The molecule has 2 heterocycles. The highest BCUT2D eigenvalue weighted by atomic mass is 79.9. The van der Waals surface area contributed by atoms with Gasteiger partial charge in [-0.25, -0.2) is 0 Å². The van der Waals surface area contributed by atoms with Gasteiger partial charge in [0.1, 0.15) is 5.58 Å². The molecule has 1 N–H and O–H groups in total. The first-order chi connectivity index (χ1) is 14.4. The molecule has 0 bridgehead atoms. The highest BCUT2D eigenvalue weighted by Crippen LogP contribution is 2.33. The van der Waals surface area contributed by atoms with Crippen LogP contribution in [0.1, 0.15) is 5.56 Å². The summed E-state index contributed by atoms with van der Waals surface area (Å²) in [5, 5.41) is 3.39. The molecule has 0 spiro atoms. The number of anilines is 1. The predicted molar refractivity (Wildman–Crippen MR) is 118 cm³/mol. The molecule has 1 amide bonds. The Balaban J connectivity index is 1.68. The van der Waals surface area contributed by atoms with E-state index in [0.717, 1.165) is 10.0 Å². The second-order valence-corrected chi connectivity index (χ2v) is 7.83. The number of carbonyl (C=O) groups excluding carboxylic acids is 1. The van der Waals surface area contributed by atoms with Crippen molar-refractivity contribution in [3.63, 3.8) is 0 Å². The Morgan fingerprint density at radius 2 is 1.97 bits per heavy atom. The van der Waals surface area contributed by atoms with Gasteiger partial charge in [0.25, 0.3) is 5.91 Å². The summed E-state index contributed by atoms with van der Waals surface area (Å²) in [7, 11) is 0. The first kappa shape index (κ1) is 20.3. The van der Waals surface area contributed by atoms with Crippen molar-refractivity contribution in [1.29, 1.82) is 0 Å². The Morgan fingerprint density at radius 3 is 2.67 bits per heavy atom. The van der Waals surface area contributed by atoms with Crippen molar-refractivity contribution in [2.24, 2.45) is 0 Å². The molecule has 30 heavy (non-hydrogen) atoms. The molecule has 6 nitrogen and oxygen atoms in total. The van der Waals surface area contributed by atoms with Gasteiger partial charge in [0.05, 0.1) is 11.6 Å². The summed E-state index contributed by atoms with van der Waals surface area (Å²) in [5.74, 6) is -0.131. The highest BCUT2D eigenvalue weighted by Gasteiger charge is 2.21. The molecule has 0 radical (unpaired) electrons. The number of furan rings is 1. The Kier molecular flexibility index (Phi) is 5.65. The van der Waals surface area contributed by atoms with Gasteiger partial charge in [0.15, 0.2) is 12.4 Å². The number of ether oxygens (including phenoxy) is 1. The molecule has 2 aromatic heterocycles. The molecule has 8 heteroatoms. The summed E-state index contributed by atoms with van der Waals surface area (Å²) in [6, 6.07) is 13.6. The van der Waals surface area contributed by atoms with Crippen molar-refractivity contribution in [3.05, 3.63) is 80.1 Å². The van der Waals surface area contributed by atoms with Gasteiger partial charge in [-0.15, -0.1) is 0 Å². The number of rotatable bonds is 5. The monoisotopic (exact) mass is 487 g/mol. The van der Waals surface area contributed by atoms with E-state index in [-0.39, 0.29) is 23.5 Å². The topological polar surface area (TPSA) is 81.7 Å². The first-order valence-corrected chi connectivity index (χ1v) is 10.1. The van der Waals surface area contributed by atoms with Crippen molar-refractivity contribution >= 4 is 50.1 Å². The van der Waals surface area contributed by atoms with Crippen LogP contribution in [-0.2, 0) is 4.79 Å². The van der Waals surface area contributed by atoms with Crippen LogP contribution in [-0.4, -0.2) is 12.5 Å². The Hall–Kier alpha value is -3.03. The summed E-state index contributed by atoms with van der Waals surface area (Å²) in [6.45, 7) is 1.42. The average molecular weight is 489 g/mol. The minimum atomic E-state index is -0.444. The number of amides is 1. The lowest BCUT2D eigenvalue weighted by Gasteiger charge is -2.11. The zero-order valence-corrected chi connectivity index (χ0v) is 18.0. The minimum Gasteiger partial charge on any atom is -0.476 e. The fourth-order valence-electron chi connectivity index (χ4n) is 2.87. The van der Waals surface area contributed by atoms with E-state index in [1.807, 2.05) is 6.92 Å². The third-order valence-electron chi connectivity index (χ3n) is 4.35. The third-order valence-corrected chi connectivity index (χ3v) is 5.29. The quantitative estimate of drug-likeness (QED) is 0.384. The molecule has 0 unspecified atom stereocenters. The fraction of sp³-hybridized carbons (Fsp3) is 0.0909. The summed E-state index contributed by atoms with van der Waals surface area (Å²) in [6.07, 6.45) is 1.46. The van der Waals surface area contributed by atoms with Gasteiger partial charge >= 0.3 is 0 Å². The van der Waals surface area contributed by atoms with Crippen molar-refractivity contribution in [2.75, 3.05) is 11.9 Å². The van der Waals surface area contributed by atoms with Crippen LogP contribution in [0.3, 0.4) is 0 Å². The Labute approximate surface area is 184 Å². The van der Waals surface area contributed by atoms with Crippen LogP contribution >= 0.6 is 27.5 Å². The molecule has 2 aromatic carbocycles. The number of fused-ring (bicyclic) bond motifs is 1. The fourth-order valence-corrected chi connectivity index (χ4v) is 3.30. The molecular formula is C22H15BrClNO5. The van der Waals surface area contributed by atoms with Gasteiger partial charge in [0.2, 0.25) is 16.9 Å². The van der Waals surface area contributed by atoms with Gasteiger partial charge in [0, 0.05) is 15.2 Å². The lowest BCUT2D eigenvalue weighted by atomic mass is 10.1. The van der Waals surface area contributed by atoms with Crippen LogP contribution in [0.15, 0.2) is 72.9 Å². The lowest BCUT2D eigenvalue weighted by molar-refractivity contribution is -0.118. The number of hydrogen-bond acceptors (Lipinski definition) is 5. The zero-order chi connectivity index (χ0) is 21.3. The van der Waals surface area contributed by atoms with Crippen molar-refractivity contribution < 1.29 is 18.4 Å². The van der Waals surface area contributed by atoms with Crippen LogP contribution in [0.2, 0.25) is 5.02 Å². The molecule has 0 fully saturated rings. The third kappa shape index (κ3) is 4.13. The SMILES string of the molecule is Cc1cc2oc(-c3ccco3)c(OCC(=O)Nc3ccc(Br)cc3)c(=O)c2cc1Cl. The minimum absolute atomic E-state index is 0.107. The number of hydrogen-bond donors (Lipinski definition) is 1. The Morgan fingerprint density at radius 1 is 1.20 bits per heavy atom. The summed E-state index contributed by atoms with van der Waals surface area (Å²) >= 11 is 9.51. The molecule has 0 aliphatic rings. The summed E-state index contributed by atoms with van der Waals surface area (Å²) in [4.78, 5) is 25.4. The second kappa shape index (κ2) is 8.38. The molecule has 4 aromatic rings. The molecule has 0 aliphatic carbocycles. The molecule has 152 valence electrons. The highest BCUT2D eigenvalue weighted by molar-refractivity contribution is 9.10. The van der Waals surface area contributed by atoms with Gasteiger partial charge in [-0.3, -0.25) is 9.59 Å². The van der Waals surface area contributed by atoms with Crippen LogP contribution in [0, 0.1) is 6.92 Å². The molecule has 4 rings (SSSR count). The van der Waals surface area contributed by atoms with Crippen molar-refractivity contribution in [2.45, 2.75) is 6.92 Å². The van der Waals surface area contributed by atoms with E-state index in [9.17, 15) is 9.59 Å². The van der Waals surface area contributed by atoms with Crippen molar-refractivity contribution in [1.82, 2.24) is 0 Å². The normalized spacial score (nSPS) is 10.9. The number of nitrogens with one attached hydrogen (secondary N) is 1.